The number of nitrogens with zero attached hydrogens (tertiary/aromatic N) is 3. The van der Waals surface area contributed by atoms with Gasteiger partial charge in [0.25, 0.3) is 5.91 Å². The quantitative estimate of drug-likeness (QED) is 0.576. The largest absolute Gasteiger partial charge is 0.493 e. The summed E-state index contributed by atoms with van der Waals surface area (Å²) in [6, 6.07) is 9.41. The summed E-state index contributed by atoms with van der Waals surface area (Å²) in [6.07, 6.45) is 4.29. The predicted octanol–water partition coefficient (Wildman–Crippen LogP) is 4.37. The Kier molecular flexibility index (Phi) is 6.44. The summed E-state index contributed by atoms with van der Waals surface area (Å²) in [5, 5.41) is 2.95. The van der Waals surface area contributed by atoms with Crippen LogP contribution in [-0.4, -0.2) is 49.9 Å². The molecular weight excluding hydrogens is 420 g/mol. The highest BCUT2D eigenvalue weighted by Crippen LogP contribution is 2.40. The molecule has 1 N–H and O–H groups in total. The number of anilines is 2. The first-order valence-electron chi connectivity index (χ1n) is 11.0. The Labute approximate surface area is 194 Å². The maximum absolute atomic E-state index is 13.2. The molecule has 1 amide bonds. The number of hydrogen-bond acceptors (Lipinski definition) is 6. The molecule has 2 aromatic heterocycles. The number of pyridine rings is 1. The summed E-state index contributed by atoms with van der Waals surface area (Å²) in [7, 11) is 4.62. The minimum atomic E-state index is -0.217. The normalized spacial score (nSPS) is 13.2. The number of rotatable bonds is 7. The number of amides is 1. The van der Waals surface area contributed by atoms with E-state index in [0.717, 1.165) is 36.0 Å². The van der Waals surface area contributed by atoms with E-state index in [9.17, 15) is 4.79 Å². The van der Waals surface area contributed by atoms with E-state index in [-0.39, 0.29) is 5.91 Å². The van der Waals surface area contributed by atoms with Crippen molar-refractivity contribution in [2.75, 3.05) is 44.6 Å². The monoisotopic (exact) mass is 450 g/mol. The lowest BCUT2D eigenvalue weighted by atomic mass is 10.2. The maximum atomic E-state index is 13.2. The van der Waals surface area contributed by atoms with Crippen molar-refractivity contribution in [2.24, 2.45) is 0 Å². The van der Waals surface area contributed by atoms with Crippen molar-refractivity contribution in [1.29, 1.82) is 0 Å². The van der Waals surface area contributed by atoms with Crippen molar-refractivity contribution in [3.8, 4) is 22.9 Å². The zero-order valence-corrected chi connectivity index (χ0v) is 19.8. The number of ether oxygens (including phenoxy) is 3. The van der Waals surface area contributed by atoms with Crippen molar-refractivity contribution in [3.05, 3.63) is 53.5 Å². The molecule has 0 bridgehead atoms. The smallest absolute Gasteiger partial charge is 0.257 e. The van der Waals surface area contributed by atoms with Crippen LogP contribution in [0.2, 0.25) is 0 Å². The molecule has 1 fully saturated rings. The summed E-state index contributed by atoms with van der Waals surface area (Å²) >= 11 is 0. The molecule has 8 nitrogen and oxygen atoms in total. The van der Waals surface area contributed by atoms with Crippen LogP contribution in [-0.2, 0) is 0 Å². The van der Waals surface area contributed by atoms with Crippen molar-refractivity contribution < 1.29 is 19.0 Å². The van der Waals surface area contributed by atoms with Crippen molar-refractivity contribution in [1.82, 2.24) is 9.55 Å². The second-order valence-corrected chi connectivity index (χ2v) is 8.06. The number of methoxy groups -OCH3 is 3. The molecule has 0 saturated carbocycles. The minimum absolute atomic E-state index is 0.217. The first kappa shape index (κ1) is 22.5. The van der Waals surface area contributed by atoms with E-state index in [1.54, 1.807) is 33.5 Å². The topological polar surface area (TPSA) is 77.9 Å². The van der Waals surface area contributed by atoms with E-state index in [1.807, 2.05) is 30.7 Å². The highest BCUT2D eigenvalue weighted by molar-refractivity contribution is 6.05. The Morgan fingerprint density at radius 1 is 0.970 bits per heavy atom. The van der Waals surface area contributed by atoms with Gasteiger partial charge in [0.1, 0.15) is 5.82 Å². The first-order chi connectivity index (χ1) is 16.0. The SMILES string of the molecule is COc1cc(NC(=O)c2cc(C)n(-c3ccc(N4CCCC4)nc3)c2C)cc(OC)c1OC. The summed E-state index contributed by atoms with van der Waals surface area (Å²) in [4.78, 5) is 20.1. The van der Waals surface area contributed by atoms with E-state index in [4.69, 9.17) is 14.2 Å². The van der Waals surface area contributed by atoms with Crippen LogP contribution in [0, 0.1) is 13.8 Å². The van der Waals surface area contributed by atoms with Crippen LogP contribution in [0.25, 0.3) is 5.69 Å². The number of nitrogens with one attached hydrogen (secondary N) is 1. The number of aryl methyl sites for hydroxylation is 1. The Balaban J connectivity index is 1.60. The number of hydrogen-bond donors (Lipinski definition) is 1. The average molecular weight is 451 g/mol. The Bertz CT molecular complexity index is 1120. The minimum Gasteiger partial charge on any atom is -0.493 e. The molecular formula is C25H30N4O4. The van der Waals surface area contributed by atoms with Gasteiger partial charge >= 0.3 is 0 Å². The molecule has 0 unspecified atom stereocenters. The number of benzene rings is 1. The Hall–Kier alpha value is -3.68. The lowest BCUT2D eigenvalue weighted by molar-refractivity contribution is 0.102. The molecule has 33 heavy (non-hydrogen) atoms. The third-order valence-electron chi connectivity index (χ3n) is 6.02. The fourth-order valence-electron chi connectivity index (χ4n) is 4.39. The van der Waals surface area contributed by atoms with E-state index >= 15 is 0 Å². The molecule has 1 saturated heterocycles. The summed E-state index contributed by atoms with van der Waals surface area (Å²) in [6.45, 7) is 6.03. The molecule has 8 heteroatoms. The lowest BCUT2D eigenvalue weighted by Crippen LogP contribution is -2.18. The van der Waals surface area contributed by atoms with Crippen molar-refractivity contribution >= 4 is 17.4 Å². The second kappa shape index (κ2) is 9.44. The van der Waals surface area contributed by atoms with Gasteiger partial charge in [-0.1, -0.05) is 0 Å². The molecule has 0 radical (unpaired) electrons. The molecule has 174 valence electrons. The highest BCUT2D eigenvalue weighted by Gasteiger charge is 2.20. The van der Waals surface area contributed by atoms with Gasteiger partial charge in [0.15, 0.2) is 11.5 Å². The highest BCUT2D eigenvalue weighted by atomic mass is 16.5. The van der Waals surface area contributed by atoms with E-state index in [0.29, 0.717) is 28.5 Å². The van der Waals surface area contributed by atoms with Crippen LogP contribution in [0.3, 0.4) is 0 Å². The molecule has 1 aliphatic rings. The molecule has 3 heterocycles. The van der Waals surface area contributed by atoms with Crippen molar-refractivity contribution in [3.63, 3.8) is 0 Å². The number of carbonyl (C=O) groups excluding carboxylic acids is 1. The Morgan fingerprint density at radius 2 is 1.64 bits per heavy atom. The van der Waals surface area contributed by atoms with E-state index in [2.05, 4.69) is 27.3 Å². The van der Waals surface area contributed by atoms with Gasteiger partial charge in [-0.05, 0) is 44.9 Å². The van der Waals surface area contributed by atoms with E-state index in [1.165, 1.54) is 12.8 Å². The lowest BCUT2D eigenvalue weighted by Gasteiger charge is -2.17. The van der Waals surface area contributed by atoms with Crippen LogP contribution in [0.5, 0.6) is 17.2 Å². The molecule has 0 aliphatic carbocycles. The average Bonchev–Trinajstić information content (AvgIpc) is 3.46. The van der Waals surface area contributed by atoms with Gasteiger partial charge in [-0.15, -0.1) is 0 Å². The third kappa shape index (κ3) is 4.33. The van der Waals surface area contributed by atoms with Crippen LogP contribution in [0.15, 0.2) is 36.5 Å². The Morgan fingerprint density at radius 3 is 2.18 bits per heavy atom. The summed E-state index contributed by atoms with van der Waals surface area (Å²) in [5.41, 5.74) is 3.87. The van der Waals surface area contributed by atoms with Gasteiger partial charge in [0.05, 0.1) is 38.8 Å². The molecule has 3 aromatic rings. The van der Waals surface area contributed by atoms with Crippen LogP contribution in [0.4, 0.5) is 11.5 Å². The zero-order valence-electron chi connectivity index (χ0n) is 19.8. The van der Waals surface area contributed by atoms with Gasteiger partial charge in [-0.2, -0.15) is 0 Å². The molecule has 1 aliphatic heterocycles. The van der Waals surface area contributed by atoms with Crippen LogP contribution >= 0.6 is 0 Å². The maximum Gasteiger partial charge on any atom is 0.257 e. The van der Waals surface area contributed by atoms with Gasteiger partial charge in [-0.25, -0.2) is 4.98 Å². The van der Waals surface area contributed by atoms with Crippen LogP contribution < -0.4 is 24.4 Å². The number of aromatic nitrogens is 2. The van der Waals surface area contributed by atoms with Gasteiger partial charge in [-0.3, -0.25) is 4.79 Å². The molecule has 0 spiro atoms. The van der Waals surface area contributed by atoms with E-state index < -0.39 is 0 Å². The standard InChI is InChI=1S/C25H30N4O4/c1-16-12-20(25(30)27-18-13-21(31-3)24(33-5)22(14-18)32-4)17(2)29(16)19-8-9-23(26-15-19)28-10-6-7-11-28/h8-9,12-15H,6-7,10-11H2,1-5H3,(H,27,30). The fraction of sp³-hybridized carbons (Fsp3) is 0.360. The first-order valence-corrected chi connectivity index (χ1v) is 11.0. The van der Waals surface area contributed by atoms with Crippen molar-refractivity contribution in [2.45, 2.75) is 26.7 Å². The fourth-order valence-corrected chi connectivity index (χ4v) is 4.39. The number of carbonyl (C=O) groups is 1. The molecule has 1 aromatic carbocycles. The predicted molar refractivity (Wildman–Crippen MR) is 129 cm³/mol. The summed E-state index contributed by atoms with van der Waals surface area (Å²) < 4.78 is 18.2. The second-order valence-electron chi connectivity index (χ2n) is 8.06. The van der Waals surface area contributed by atoms with Gasteiger partial charge in [0, 0.05) is 42.3 Å². The third-order valence-corrected chi connectivity index (χ3v) is 6.02. The summed E-state index contributed by atoms with van der Waals surface area (Å²) in [5.74, 6) is 2.20. The zero-order chi connectivity index (χ0) is 23.5. The molecule has 0 atom stereocenters. The molecule has 4 rings (SSSR count). The van der Waals surface area contributed by atoms with Crippen LogP contribution in [0.1, 0.15) is 34.6 Å². The van der Waals surface area contributed by atoms with Gasteiger partial charge < -0.3 is 29.0 Å². The van der Waals surface area contributed by atoms with Gasteiger partial charge in [0.2, 0.25) is 5.75 Å².